The normalized spacial score (nSPS) is 23.0. The van der Waals surface area contributed by atoms with E-state index in [1.54, 1.807) is 12.3 Å². The summed E-state index contributed by atoms with van der Waals surface area (Å²) in [6.07, 6.45) is 5.24. The number of benzene rings is 1. The molecule has 0 bridgehead atoms. The molecule has 0 unspecified atom stereocenters. The van der Waals surface area contributed by atoms with E-state index in [4.69, 9.17) is 10.5 Å². The van der Waals surface area contributed by atoms with Gasteiger partial charge in [0.25, 0.3) is 5.91 Å². The third kappa shape index (κ3) is 3.95. The number of nitrogens with one attached hydrogen (secondary N) is 1. The van der Waals surface area contributed by atoms with Crippen LogP contribution in [0.3, 0.4) is 0 Å². The minimum atomic E-state index is -0.979. The summed E-state index contributed by atoms with van der Waals surface area (Å²) < 4.78 is 49.2. The lowest BCUT2D eigenvalue weighted by Gasteiger charge is -2.40. The molecule has 3 atom stereocenters. The van der Waals surface area contributed by atoms with Gasteiger partial charge in [-0.2, -0.15) is 0 Å². The SMILES string of the molecule is C[C@@H]1[C@@H](N)C[C@H](c2ccncc2NC(=O)c2ccc(F)c(-c3c(F)cccc3F)n2)OC12CC2. The predicted molar refractivity (Wildman–Crippen MR) is 119 cm³/mol. The van der Waals surface area contributed by atoms with Gasteiger partial charge in [0, 0.05) is 23.7 Å². The van der Waals surface area contributed by atoms with E-state index < -0.39 is 34.6 Å². The Bertz CT molecular complexity index is 1240. The van der Waals surface area contributed by atoms with Gasteiger partial charge in [-0.3, -0.25) is 9.78 Å². The first-order chi connectivity index (χ1) is 16.3. The summed E-state index contributed by atoms with van der Waals surface area (Å²) >= 11 is 0. The Morgan fingerprint density at radius 3 is 2.56 bits per heavy atom. The number of hydrogen-bond donors (Lipinski definition) is 2. The Kier molecular flexibility index (Phi) is 5.61. The van der Waals surface area contributed by atoms with Gasteiger partial charge in [-0.1, -0.05) is 13.0 Å². The highest BCUT2D eigenvalue weighted by molar-refractivity contribution is 6.03. The van der Waals surface area contributed by atoms with Crippen molar-refractivity contribution >= 4 is 11.6 Å². The highest BCUT2D eigenvalue weighted by Crippen LogP contribution is 2.54. The Labute approximate surface area is 194 Å². The number of rotatable bonds is 4. The average Bonchev–Trinajstić information content (AvgIpc) is 3.58. The quantitative estimate of drug-likeness (QED) is 0.576. The number of aromatic nitrogens is 2. The van der Waals surface area contributed by atoms with E-state index in [1.165, 1.54) is 6.20 Å². The molecule has 1 spiro atoms. The summed E-state index contributed by atoms with van der Waals surface area (Å²) in [7, 11) is 0. The number of ether oxygens (including phenoxy) is 1. The van der Waals surface area contributed by atoms with E-state index in [-0.39, 0.29) is 29.4 Å². The van der Waals surface area contributed by atoms with Crippen molar-refractivity contribution in [3.63, 3.8) is 0 Å². The summed E-state index contributed by atoms with van der Waals surface area (Å²) in [6.45, 7) is 2.10. The van der Waals surface area contributed by atoms with Crippen LogP contribution in [-0.4, -0.2) is 27.5 Å². The van der Waals surface area contributed by atoms with Gasteiger partial charge in [-0.15, -0.1) is 0 Å². The maximum Gasteiger partial charge on any atom is 0.274 e. The van der Waals surface area contributed by atoms with Gasteiger partial charge in [0.1, 0.15) is 28.8 Å². The number of pyridine rings is 2. The minimum absolute atomic E-state index is 0.0463. The maximum atomic E-state index is 14.4. The molecule has 5 rings (SSSR count). The van der Waals surface area contributed by atoms with Gasteiger partial charge in [0.15, 0.2) is 0 Å². The predicted octanol–water partition coefficient (Wildman–Crippen LogP) is 4.77. The van der Waals surface area contributed by atoms with Gasteiger partial charge in [-0.25, -0.2) is 18.2 Å². The zero-order chi connectivity index (χ0) is 24.0. The summed E-state index contributed by atoms with van der Waals surface area (Å²) in [5.41, 5.74) is 5.85. The first-order valence-corrected chi connectivity index (χ1v) is 11.1. The van der Waals surface area contributed by atoms with Gasteiger partial charge >= 0.3 is 0 Å². The monoisotopic (exact) mass is 468 g/mol. The molecule has 3 aromatic rings. The van der Waals surface area contributed by atoms with Crippen LogP contribution in [0.15, 0.2) is 48.8 Å². The third-order valence-corrected chi connectivity index (χ3v) is 6.81. The summed E-state index contributed by atoms with van der Waals surface area (Å²) in [6, 6.07) is 6.98. The van der Waals surface area contributed by atoms with Gasteiger partial charge < -0.3 is 15.8 Å². The van der Waals surface area contributed by atoms with Crippen LogP contribution in [-0.2, 0) is 4.74 Å². The van der Waals surface area contributed by atoms with Crippen molar-refractivity contribution in [1.29, 1.82) is 0 Å². The number of hydrogen-bond acceptors (Lipinski definition) is 5. The van der Waals surface area contributed by atoms with Crippen LogP contribution in [0.2, 0.25) is 0 Å². The molecule has 1 saturated carbocycles. The molecule has 6 nitrogen and oxygen atoms in total. The second kappa shape index (κ2) is 8.48. The second-order valence-corrected chi connectivity index (χ2v) is 8.90. The molecule has 2 fully saturated rings. The molecule has 2 aromatic heterocycles. The van der Waals surface area contributed by atoms with E-state index in [1.807, 2.05) is 0 Å². The Morgan fingerprint density at radius 1 is 1.12 bits per heavy atom. The van der Waals surface area contributed by atoms with Crippen molar-refractivity contribution in [3.8, 4) is 11.3 Å². The van der Waals surface area contributed by atoms with Crippen molar-refractivity contribution < 1.29 is 22.7 Å². The van der Waals surface area contributed by atoms with Crippen LogP contribution >= 0.6 is 0 Å². The Hall–Kier alpha value is -3.30. The maximum absolute atomic E-state index is 14.4. The number of nitrogens with two attached hydrogens (primary N) is 1. The van der Waals surface area contributed by atoms with E-state index in [2.05, 4.69) is 22.2 Å². The van der Waals surface area contributed by atoms with E-state index in [0.29, 0.717) is 12.1 Å². The minimum Gasteiger partial charge on any atom is -0.367 e. The molecule has 9 heteroatoms. The number of carbonyl (C=O) groups is 1. The number of halogens is 3. The standard InChI is InChI=1S/C25H23F3N4O2/c1-13-18(29)11-21(34-25(13)8-9-25)14-7-10-30-12-20(14)32-24(33)19-6-5-17(28)23(31-19)22-15(26)3-2-4-16(22)27/h2-7,10,12-13,18,21H,8-9,11,29H2,1H3,(H,32,33)/t13-,18+,21-/m1/s1. The van der Waals surface area contributed by atoms with Gasteiger partial charge in [0.2, 0.25) is 0 Å². The first-order valence-electron chi connectivity index (χ1n) is 11.1. The Balaban J connectivity index is 1.43. The second-order valence-electron chi connectivity index (χ2n) is 8.90. The summed E-state index contributed by atoms with van der Waals surface area (Å²) in [4.78, 5) is 21.0. The fourth-order valence-corrected chi connectivity index (χ4v) is 4.61. The van der Waals surface area contributed by atoms with E-state index >= 15 is 0 Å². The smallest absolute Gasteiger partial charge is 0.274 e. The lowest BCUT2D eigenvalue weighted by molar-refractivity contribution is -0.107. The molecule has 0 radical (unpaired) electrons. The molecule has 1 amide bonds. The number of carbonyl (C=O) groups excluding carboxylic acids is 1. The summed E-state index contributed by atoms with van der Waals surface area (Å²) in [5, 5.41) is 2.73. The molecule has 1 saturated heterocycles. The average molecular weight is 468 g/mol. The van der Waals surface area contributed by atoms with Gasteiger partial charge in [-0.05, 0) is 49.6 Å². The molecular weight excluding hydrogens is 445 g/mol. The van der Waals surface area contributed by atoms with Crippen LogP contribution in [0.25, 0.3) is 11.3 Å². The lowest BCUT2D eigenvalue weighted by atomic mass is 9.85. The molecule has 176 valence electrons. The van der Waals surface area contributed by atoms with Crippen LogP contribution in [0.4, 0.5) is 18.9 Å². The molecule has 1 aliphatic carbocycles. The van der Waals surface area contributed by atoms with Crippen molar-refractivity contribution in [2.45, 2.75) is 43.9 Å². The van der Waals surface area contributed by atoms with Crippen LogP contribution in [0, 0.1) is 23.4 Å². The van der Waals surface area contributed by atoms with Crippen molar-refractivity contribution in [3.05, 3.63) is 77.5 Å². The fraction of sp³-hybridized carbons (Fsp3) is 0.320. The Morgan fingerprint density at radius 2 is 1.85 bits per heavy atom. The van der Waals surface area contributed by atoms with Crippen LogP contribution in [0.1, 0.15) is 48.3 Å². The molecule has 34 heavy (non-hydrogen) atoms. The van der Waals surface area contributed by atoms with Crippen molar-refractivity contribution in [2.75, 3.05) is 5.32 Å². The van der Waals surface area contributed by atoms with Crippen molar-refractivity contribution in [2.24, 2.45) is 11.7 Å². The number of anilines is 1. The van der Waals surface area contributed by atoms with Crippen molar-refractivity contribution in [1.82, 2.24) is 9.97 Å². The number of amides is 1. The molecule has 3 heterocycles. The largest absolute Gasteiger partial charge is 0.367 e. The number of nitrogens with zero attached hydrogens (tertiary/aromatic N) is 2. The van der Waals surface area contributed by atoms with Gasteiger partial charge in [0.05, 0.1) is 29.2 Å². The highest BCUT2D eigenvalue weighted by Gasteiger charge is 2.55. The molecule has 3 N–H and O–H groups in total. The highest BCUT2D eigenvalue weighted by atomic mass is 19.1. The molecule has 1 aromatic carbocycles. The molecule has 2 aliphatic rings. The lowest BCUT2D eigenvalue weighted by Crippen LogP contribution is -2.46. The van der Waals surface area contributed by atoms with E-state index in [9.17, 15) is 18.0 Å². The topological polar surface area (TPSA) is 90.1 Å². The fourth-order valence-electron chi connectivity index (χ4n) is 4.61. The zero-order valence-corrected chi connectivity index (χ0v) is 18.4. The third-order valence-electron chi connectivity index (χ3n) is 6.81. The molecule has 1 aliphatic heterocycles. The van der Waals surface area contributed by atoms with E-state index in [0.717, 1.165) is 48.7 Å². The molecular formula is C25H23F3N4O2. The van der Waals surface area contributed by atoms with Crippen LogP contribution in [0.5, 0.6) is 0 Å². The van der Waals surface area contributed by atoms with Crippen LogP contribution < -0.4 is 11.1 Å². The zero-order valence-electron chi connectivity index (χ0n) is 18.4. The summed E-state index contributed by atoms with van der Waals surface area (Å²) in [5.74, 6) is -3.35. The first kappa shape index (κ1) is 22.5.